The van der Waals surface area contributed by atoms with Crippen molar-refractivity contribution < 1.29 is 0 Å². The molecule has 2 aromatic carbocycles. The Balaban J connectivity index is 2.37. The summed E-state index contributed by atoms with van der Waals surface area (Å²) < 4.78 is 0. The average molecular weight is 361 g/mol. The van der Waals surface area contributed by atoms with E-state index < -0.39 is 8.07 Å². The topological polar surface area (TPSA) is 0 Å². The number of rotatable bonds is 3. The molecule has 0 aliphatic heterocycles. The minimum atomic E-state index is -2.05. The first kappa shape index (κ1) is 18.9. The molecule has 0 nitrogen and oxygen atoms in total. The molecule has 0 saturated carbocycles. The second-order valence-electron chi connectivity index (χ2n) is 8.38. The van der Waals surface area contributed by atoms with Crippen molar-refractivity contribution in [1.82, 2.24) is 0 Å². The molecule has 2 aromatic rings. The lowest BCUT2D eigenvalue weighted by Crippen LogP contribution is -2.59. The third-order valence-corrected chi connectivity index (χ3v) is 11.6. The standard InChI is InChI=1S/C25H32Si/c1-16-13-17(2)15-23(14-16)26(8,24-12-10-9-11-18(24)3)25-21(6)19(4)20(5)22(25)7/h9-15,21H,1-8H3. The summed E-state index contributed by atoms with van der Waals surface area (Å²) in [6, 6.07) is 16.2. The lowest BCUT2D eigenvalue weighted by atomic mass is 10.1. The van der Waals surface area contributed by atoms with Crippen LogP contribution in [-0.2, 0) is 0 Å². The molecule has 1 heteroatoms. The zero-order valence-electron chi connectivity index (χ0n) is 17.6. The summed E-state index contributed by atoms with van der Waals surface area (Å²) >= 11 is 0. The Kier molecular flexibility index (Phi) is 4.87. The van der Waals surface area contributed by atoms with Crippen LogP contribution in [0.15, 0.2) is 64.4 Å². The van der Waals surface area contributed by atoms with Crippen molar-refractivity contribution in [3.8, 4) is 0 Å². The van der Waals surface area contributed by atoms with Gasteiger partial charge in [0.15, 0.2) is 0 Å². The predicted octanol–water partition coefficient (Wildman–Crippen LogP) is 5.65. The SMILES string of the molecule is CC1=C(C)C(C)C([Si](C)(c2cc(C)cc(C)c2)c2ccccc2C)=C1C. The first-order chi connectivity index (χ1) is 12.2. The third-order valence-electron chi connectivity index (χ3n) is 6.66. The van der Waals surface area contributed by atoms with Gasteiger partial charge in [0.1, 0.15) is 8.07 Å². The normalized spacial score (nSPS) is 19.9. The van der Waals surface area contributed by atoms with E-state index in [1.807, 2.05) is 0 Å². The number of aryl methyl sites for hydroxylation is 3. The van der Waals surface area contributed by atoms with Crippen LogP contribution in [-0.4, -0.2) is 8.07 Å². The van der Waals surface area contributed by atoms with E-state index in [2.05, 4.69) is 97.5 Å². The molecule has 2 atom stereocenters. The van der Waals surface area contributed by atoms with Gasteiger partial charge in [-0.05, 0) is 63.4 Å². The summed E-state index contributed by atoms with van der Waals surface area (Å²) in [7, 11) is -2.05. The fourth-order valence-electron chi connectivity index (χ4n) is 5.03. The summed E-state index contributed by atoms with van der Waals surface area (Å²) in [5.74, 6) is 0.534. The highest BCUT2D eigenvalue weighted by atomic mass is 28.3. The van der Waals surface area contributed by atoms with Gasteiger partial charge in [0.2, 0.25) is 0 Å². The smallest absolute Gasteiger partial charge is 0.0636 e. The van der Waals surface area contributed by atoms with E-state index in [1.54, 1.807) is 21.1 Å². The summed E-state index contributed by atoms with van der Waals surface area (Å²) in [5.41, 5.74) is 8.76. The van der Waals surface area contributed by atoms with Gasteiger partial charge >= 0.3 is 0 Å². The quantitative estimate of drug-likeness (QED) is 0.621. The molecule has 0 bridgehead atoms. The molecule has 0 spiro atoms. The minimum Gasteiger partial charge on any atom is -0.0636 e. The van der Waals surface area contributed by atoms with Crippen LogP contribution in [0.1, 0.15) is 44.4 Å². The van der Waals surface area contributed by atoms with Crippen molar-refractivity contribution in [2.45, 2.75) is 55.0 Å². The lowest BCUT2D eigenvalue weighted by molar-refractivity contribution is 0.850. The van der Waals surface area contributed by atoms with E-state index in [1.165, 1.54) is 27.8 Å². The van der Waals surface area contributed by atoms with Crippen molar-refractivity contribution in [3.05, 3.63) is 81.1 Å². The molecular formula is C25H32Si. The Morgan fingerprint density at radius 2 is 1.35 bits per heavy atom. The van der Waals surface area contributed by atoms with E-state index in [0.717, 1.165) is 0 Å². The number of benzene rings is 2. The van der Waals surface area contributed by atoms with Crippen LogP contribution in [0.5, 0.6) is 0 Å². The van der Waals surface area contributed by atoms with Gasteiger partial charge in [0.25, 0.3) is 0 Å². The maximum Gasteiger partial charge on any atom is 0.142 e. The van der Waals surface area contributed by atoms with Gasteiger partial charge in [0.05, 0.1) is 0 Å². The van der Waals surface area contributed by atoms with Gasteiger partial charge < -0.3 is 0 Å². The van der Waals surface area contributed by atoms with Gasteiger partial charge in [-0.25, -0.2) is 0 Å². The molecule has 1 aliphatic carbocycles. The van der Waals surface area contributed by atoms with E-state index in [-0.39, 0.29) is 0 Å². The predicted molar refractivity (Wildman–Crippen MR) is 118 cm³/mol. The molecule has 0 amide bonds. The van der Waals surface area contributed by atoms with Crippen LogP contribution in [0.2, 0.25) is 6.55 Å². The zero-order chi connectivity index (χ0) is 19.2. The van der Waals surface area contributed by atoms with Crippen molar-refractivity contribution in [3.63, 3.8) is 0 Å². The summed E-state index contributed by atoms with van der Waals surface area (Å²) in [6.07, 6.45) is 0. The van der Waals surface area contributed by atoms with E-state index in [0.29, 0.717) is 5.92 Å². The van der Waals surface area contributed by atoms with E-state index in [4.69, 9.17) is 0 Å². The monoisotopic (exact) mass is 360 g/mol. The van der Waals surface area contributed by atoms with Crippen molar-refractivity contribution in [2.24, 2.45) is 5.92 Å². The third kappa shape index (κ3) is 2.83. The average Bonchev–Trinajstić information content (AvgIpc) is 2.77. The molecule has 0 fully saturated rings. The molecule has 1 aliphatic rings. The molecule has 2 unspecified atom stereocenters. The van der Waals surface area contributed by atoms with Gasteiger partial charge in [-0.2, -0.15) is 0 Å². The van der Waals surface area contributed by atoms with Crippen molar-refractivity contribution in [1.29, 1.82) is 0 Å². The Morgan fingerprint density at radius 3 is 1.85 bits per heavy atom. The molecule has 0 aromatic heterocycles. The first-order valence-corrected chi connectivity index (χ1v) is 12.2. The summed E-state index contributed by atoms with van der Waals surface area (Å²) in [4.78, 5) is 0. The van der Waals surface area contributed by atoms with Gasteiger partial charge in [-0.15, -0.1) is 0 Å². The van der Waals surface area contributed by atoms with Gasteiger partial charge in [-0.3, -0.25) is 0 Å². The second kappa shape index (κ2) is 6.70. The van der Waals surface area contributed by atoms with E-state index >= 15 is 0 Å². The summed E-state index contributed by atoms with van der Waals surface area (Å²) in [6.45, 7) is 18.7. The number of hydrogen-bond acceptors (Lipinski definition) is 0. The van der Waals surface area contributed by atoms with Crippen LogP contribution in [0.25, 0.3) is 0 Å². The number of allylic oxidation sites excluding steroid dienone is 4. The molecule has 0 N–H and O–H groups in total. The van der Waals surface area contributed by atoms with E-state index in [9.17, 15) is 0 Å². The largest absolute Gasteiger partial charge is 0.142 e. The molecule has 0 radical (unpaired) electrons. The zero-order valence-corrected chi connectivity index (χ0v) is 18.6. The van der Waals surface area contributed by atoms with Crippen molar-refractivity contribution in [2.75, 3.05) is 0 Å². The highest BCUT2D eigenvalue weighted by molar-refractivity contribution is 7.07. The Morgan fingerprint density at radius 1 is 0.769 bits per heavy atom. The molecule has 0 heterocycles. The molecule has 0 saturated heterocycles. The maximum absolute atomic E-state index is 2.57. The molecular weight excluding hydrogens is 328 g/mol. The molecule has 3 rings (SSSR count). The first-order valence-electron chi connectivity index (χ1n) is 9.71. The van der Waals surface area contributed by atoms with Crippen LogP contribution in [0.4, 0.5) is 0 Å². The highest BCUT2D eigenvalue weighted by Crippen LogP contribution is 2.41. The van der Waals surface area contributed by atoms with Gasteiger partial charge in [0, 0.05) is 0 Å². The second-order valence-corrected chi connectivity index (χ2v) is 12.3. The Bertz CT molecular complexity index is 909. The maximum atomic E-state index is 2.57. The van der Waals surface area contributed by atoms with Crippen LogP contribution < -0.4 is 10.4 Å². The molecule has 26 heavy (non-hydrogen) atoms. The fourth-order valence-corrected chi connectivity index (χ4v) is 10.3. The lowest BCUT2D eigenvalue weighted by Gasteiger charge is -2.36. The highest BCUT2D eigenvalue weighted by Gasteiger charge is 2.43. The fraction of sp³-hybridized carbons (Fsp3) is 0.360. The number of hydrogen-bond donors (Lipinski definition) is 0. The minimum absolute atomic E-state index is 0.534. The van der Waals surface area contributed by atoms with Crippen LogP contribution in [0, 0.1) is 26.7 Å². The van der Waals surface area contributed by atoms with Crippen LogP contribution >= 0.6 is 0 Å². The summed E-state index contributed by atoms with van der Waals surface area (Å²) in [5, 5.41) is 4.81. The van der Waals surface area contributed by atoms with Crippen molar-refractivity contribution >= 4 is 18.4 Å². The van der Waals surface area contributed by atoms with Crippen LogP contribution in [0.3, 0.4) is 0 Å². The molecule has 136 valence electrons. The Labute approximate surface area is 160 Å². The van der Waals surface area contributed by atoms with Gasteiger partial charge in [-0.1, -0.05) is 89.0 Å². The Hall–Kier alpha value is -1.86.